The minimum absolute atomic E-state index is 0.0893. The number of rotatable bonds is 2. The molecule has 0 amide bonds. The molecule has 0 radical (unpaired) electrons. The third kappa shape index (κ3) is 1.61. The molecule has 4 heteroatoms. The molecule has 0 atom stereocenters. The number of aromatic nitrogens is 2. The predicted octanol–water partition coefficient (Wildman–Crippen LogP) is 1.09. The molecular weight excluding hydrogens is 202 g/mol. The van der Waals surface area contributed by atoms with Crippen LogP contribution in [0.1, 0.15) is 13.8 Å². The van der Waals surface area contributed by atoms with E-state index in [1.54, 1.807) is 6.20 Å². The molecule has 2 aromatic rings. The fraction of sp³-hybridized carbons (Fsp3) is 0.333. The average molecular weight is 217 g/mol. The molecular formula is C12H15N3O. The van der Waals surface area contributed by atoms with Crippen LogP contribution in [0, 0.1) is 0 Å². The van der Waals surface area contributed by atoms with Crippen LogP contribution in [0.2, 0.25) is 0 Å². The molecule has 4 nitrogen and oxygen atoms in total. The monoisotopic (exact) mass is 217 g/mol. The van der Waals surface area contributed by atoms with Gasteiger partial charge in [-0.1, -0.05) is 18.2 Å². The van der Waals surface area contributed by atoms with Gasteiger partial charge in [0.1, 0.15) is 0 Å². The molecule has 1 aromatic carbocycles. The minimum atomic E-state index is -0.457. The standard InChI is InChI=1S/C12H15N3O/c1-12(2,8-13)15-11(16)10-6-4-3-5-9(10)7-14-15/h3-7H,8,13H2,1-2H3. The first-order valence-corrected chi connectivity index (χ1v) is 5.24. The Bertz CT molecular complexity index is 572. The van der Waals surface area contributed by atoms with Gasteiger partial charge in [0, 0.05) is 11.9 Å². The highest BCUT2D eigenvalue weighted by Crippen LogP contribution is 2.12. The molecule has 0 spiro atoms. The molecule has 0 aliphatic carbocycles. The van der Waals surface area contributed by atoms with E-state index in [1.165, 1.54) is 4.68 Å². The Morgan fingerprint density at radius 1 is 1.38 bits per heavy atom. The van der Waals surface area contributed by atoms with E-state index in [0.717, 1.165) is 5.39 Å². The number of fused-ring (bicyclic) bond motifs is 1. The van der Waals surface area contributed by atoms with Gasteiger partial charge >= 0.3 is 0 Å². The highest BCUT2D eigenvalue weighted by atomic mass is 16.1. The third-order valence-electron chi connectivity index (χ3n) is 2.77. The second-order valence-corrected chi connectivity index (χ2v) is 4.47. The van der Waals surface area contributed by atoms with Crippen molar-refractivity contribution in [3.05, 3.63) is 40.8 Å². The Balaban J connectivity index is 2.76. The topological polar surface area (TPSA) is 60.9 Å². The van der Waals surface area contributed by atoms with Gasteiger partial charge in [0.05, 0.1) is 17.1 Å². The average Bonchev–Trinajstić information content (AvgIpc) is 2.29. The first kappa shape index (κ1) is 10.8. The van der Waals surface area contributed by atoms with Crippen molar-refractivity contribution in [3.8, 4) is 0 Å². The molecule has 16 heavy (non-hydrogen) atoms. The normalized spacial score (nSPS) is 11.9. The van der Waals surface area contributed by atoms with Crippen molar-refractivity contribution in [2.24, 2.45) is 5.73 Å². The van der Waals surface area contributed by atoms with Crippen molar-refractivity contribution >= 4 is 10.8 Å². The van der Waals surface area contributed by atoms with E-state index in [4.69, 9.17) is 5.73 Å². The number of benzene rings is 1. The van der Waals surface area contributed by atoms with Gasteiger partial charge < -0.3 is 5.73 Å². The van der Waals surface area contributed by atoms with E-state index < -0.39 is 5.54 Å². The van der Waals surface area contributed by atoms with E-state index in [1.807, 2.05) is 38.1 Å². The molecule has 1 heterocycles. The molecule has 0 bridgehead atoms. The van der Waals surface area contributed by atoms with E-state index in [9.17, 15) is 4.79 Å². The lowest BCUT2D eigenvalue weighted by Gasteiger charge is -2.24. The number of hydrogen-bond donors (Lipinski definition) is 1. The zero-order valence-electron chi connectivity index (χ0n) is 9.47. The molecule has 0 saturated carbocycles. The quantitative estimate of drug-likeness (QED) is 0.819. The zero-order valence-corrected chi connectivity index (χ0v) is 9.47. The highest BCUT2D eigenvalue weighted by molar-refractivity contribution is 5.80. The SMILES string of the molecule is CC(C)(CN)n1ncc2ccccc2c1=O. The van der Waals surface area contributed by atoms with Crippen LogP contribution in [0.4, 0.5) is 0 Å². The minimum Gasteiger partial charge on any atom is -0.328 e. The summed E-state index contributed by atoms with van der Waals surface area (Å²) >= 11 is 0. The lowest BCUT2D eigenvalue weighted by atomic mass is 10.1. The van der Waals surface area contributed by atoms with Crippen LogP contribution in [0.3, 0.4) is 0 Å². The van der Waals surface area contributed by atoms with Gasteiger partial charge in [-0.25, -0.2) is 4.68 Å². The number of nitrogens with zero attached hydrogens (tertiary/aromatic N) is 2. The van der Waals surface area contributed by atoms with E-state index in [2.05, 4.69) is 5.10 Å². The van der Waals surface area contributed by atoms with E-state index >= 15 is 0 Å². The van der Waals surface area contributed by atoms with Crippen molar-refractivity contribution in [2.45, 2.75) is 19.4 Å². The molecule has 0 aliphatic rings. The van der Waals surface area contributed by atoms with Gasteiger partial charge in [-0.2, -0.15) is 5.10 Å². The van der Waals surface area contributed by atoms with Crippen LogP contribution >= 0.6 is 0 Å². The molecule has 0 fully saturated rings. The molecule has 2 rings (SSSR count). The van der Waals surface area contributed by atoms with Crippen molar-refractivity contribution in [2.75, 3.05) is 6.54 Å². The fourth-order valence-electron chi connectivity index (χ4n) is 1.61. The summed E-state index contributed by atoms with van der Waals surface area (Å²) in [6.45, 7) is 4.17. The highest BCUT2D eigenvalue weighted by Gasteiger charge is 2.21. The molecule has 0 saturated heterocycles. The lowest BCUT2D eigenvalue weighted by molar-refractivity contribution is 0.316. The smallest absolute Gasteiger partial charge is 0.275 e. The van der Waals surface area contributed by atoms with Crippen LogP contribution in [0.5, 0.6) is 0 Å². The summed E-state index contributed by atoms with van der Waals surface area (Å²) in [5, 5.41) is 5.71. The largest absolute Gasteiger partial charge is 0.328 e. The first-order chi connectivity index (χ1) is 7.56. The van der Waals surface area contributed by atoms with Gasteiger partial charge in [-0.15, -0.1) is 0 Å². The fourth-order valence-corrected chi connectivity index (χ4v) is 1.61. The van der Waals surface area contributed by atoms with Crippen LogP contribution in [0.25, 0.3) is 10.8 Å². The summed E-state index contributed by atoms with van der Waals surface area (Å²) in [6.07, 6.45) is 1.70. The number of nitrogens with two attached hydrogens (primary N) is 1. The second-order valence-electron chi connectivity index (χ2n) is 4.47. The molecule has 0 aliphatic heterocycles. The second kappa shape index (κ2) is 3.72. The molecule has 1 aromatic heterocycles. The Labute approximate surface area is 93.7 Å². The molecule has 0 unspecified atom stereocenters. The summed E-state index contributed by atoms with van der Waals surface area (Å²) in [6, 6.07) is 7.43. The summed E-state index contributed by atoms with van der Waals surface area (Å²) in [4.78, 5) is 12.2. The maximum atomic E-state index is 12.2. The van der Waals surface area contributed by atoms with Crippen molar-refractivity contribution in [1.29, 1.82) is 0 Å². The van der Waals surface area contributed by atoms with Crippen LogP contribution in [0.15, 0.2) is 35.3 Å². The van der Waals surface area contributed by atoms with E-state index in [-0.39, 0.29) is 5.56 Å². The first-order valence-electron chi connectivity index (χ1n) is 5.24. The van der Waals surface area contributed by atoms with E-state index in [0.29, 0.717) is 11.9 Å². The maximum Gasteiger partial charge on any atom is 0.275 e. The van der Waals surface area contributed by atoms with Gasteiger partial charge in [0.2, 0.25) is 0 Å². The van der Waals surface area contributed by atoms with Crippen molar-refractivity contribution in [3.63, 3.8) is 0 Å². The Kier molecular flexibility index (Phi) is 2.52. The van der Waals surface area contributed by atoms with Crippen LogP contribution in [-0.4, -0.2) is 16.3 Å². The van der Waals surface area contributed by atoms with Crippen LogP contribution in [-0.2, 0) is 5.54 Å². The van der Waals surface area contributed by atoms with Crippen molar-refractivity contribution < 1.29 is 0 Å². The van der Waals surface area contributed by atoms with Crippen LogP contribution < -0.4 is 11.3 Å². The summed E-state index contributed by atoms with van der Waals surface area (Å²) in [7, 11) is 0. The predicted molar refractivity (Wildman–Crippen MR) is 64.4 cm³/mol. The zero-order chi connectivity index (χ0) is 11.8. The van der Waals surface area contributed by atoms with Gasteiger partial charge in [-0.05, 0) is 19.9 Å². The lowest BCUT2D eigenvalue weighted by Crippen LogP contribution is -2.43. The molecule has 2 N–H and O–H groups in total. The van der Waals surface area contributed by atoms with Gasteiger partial charge in [0.15, 0.2) is 0 Å². The Morgan fingerprint density at radius 3 is 2.75 bits per heavy atom. The van der Waals surface area contributed by atoms with Crippen molar-refractivity contribution in [1.82, 2.24) is 9.78 Å². The maximum absolute atomic E-state index is 12.2. The Morgan fingerprint density at radius 2 is 2.06 bits per heavy atom. The number of hydrogen-bond acceptors (Lipinski definition) is 3. The Hall–Kier alpha value is -1.68. The summed E-state index contributed by atoms with van der Waals surface area (Å²) in [5.74, 6) is 0. The summed E-state index contributed by atoms with van der Waals surface area (Å²) in [5.41, 5.74) is 5.11. The van der Waals surface area contributed by atoms with Gasteiger partial charge in [0.25, 0.3) is 5.56 Å². The van der Waals surface area contributed by atoms with Gasteiger partial charge in [-0.3, -0.25) is 4.79 Å². The third-order valence-corrected chi connectivity index (χ3v) is 2.77. The summed E-state index contributed by atoms with van der Waals surface area (Å²) < 4.78 is 1.45. The molecule has 84 valence electrons.